The average molecular weight is 261 g/mol. The van der Waals surface area contributed by atoms with Crippen LogP contribution in [0, 0.1) is 0 Å². The summed E-state index contributed by atoms with van der Waals surface area (Å²) in [5.74, 6) is 1.46. The Labute approximate surface area is 112 Å². The Balaban J connectivity index is 2.40. The highest BCUT2D eigenvalue weighted by molar-refractivity contribution is 5.32. The minimum Gasteiger partial charge on any atom is -0.493 e. The molecule has 0 aliphatic carbocycles. The molecule has 1 N–H and O–H groups in total. The molecular weight excluding hydrogens is 242 g/mol. The van der Waals surface area contributed by atoms with Crippen LogP contribution in [0.1, 0.15) is 30.9 Å². The highest BCUT2D eigenvalue weighted by atomic mass is 16.5. The van der Waals surface area contributed by atoms with E-state index < -0.39 is 0 Å². The Kier molecular flexibility index (Phi) is 4.46. The summed E-state index contributed by atoms with van der Waals surface area (Å²) in [6.45, 7) is 2.99. The van der Waals surface area contributed by atoms with Crippen molar-refractivity contribution in [3.8, 4) is 5.75 Å². The standard InChI is InChI=1S/C13H19N5O/c1-4-6-14-11(13-15-7-5-8-16-13)12-10(19-3)9-17-18(12)2/h5,7-9,11,14H,4,6H2,1-3H3. The Morgan fingerprint density at radius 1 is 1.37 bits per heavy atom. The summed E-state index contributed by atoms with van der Waals surface area (Å²) in [5.41, 5.74) is 0.933. The Morgan fingerprint density at radius 3 is 2.74 bits per heavy atom. The Morgan fingerprint density at radius 2 is 2.11 bits per heavy atom. The van der Waals surface area contributed by atoms with Crippen molar-refractivity contribution in [3.05, 3.63) is 36.2 Å². The molecule has 0 aliphatic heterocycles. The summed E-state index contributed by atoms with van der Waals surface area (Å²) < 4.78 is 7.16. The van der Waals surface area contributed by atoms with Crippen molar-refractivity contribution < 1.29 is 4.74 Å². The Bertz CT molecular complexity index is 511. The van der Waals surface area contributed by atoms with Crippen molar-refractivity contribution in [2.75, 3.05) is 13.7 Å². The molecule has 6 nitrogen and oxygen atoms in total. The SMILES string of the molecule is CCCNC(c1ncccn1)c1c(OC)cnn1C. The molecule has 0 aliphatic rings. The van der Waals surface area contributed by atoms with Crippen LogP contribution in [0.4, 0.5) is 0 Å². The number of rotatable bonds is 6. The lowest BCUT2D eigenvalue weighted by molar-refractivity contribution is 0.398. The van der Waals surface area contributed by atoms with Gasteiger partial charge in [-0.1, -0.05) is 6.92 Å². The summed E-state index contributed by atoms with van der Waals surface area (Å²) in [5, 5.41) is 7.68. The van der Waals surface area contributed by atoms with E-state index in [0.717, 1.165) is 30.2 Å². The quantitative estimate of drug-likeness (QED) is 0.849. The molecule has 2 rings (SSSR count). The van der Waals surface area contributed by atoms with Crippen molar-refractivity contribution in [3.63, 3.8) is 0 Å². The Hall–Kier alpha value is -1.95. The van der Waals surface area contributed by atoms with Crippen LogP contribution in [0.5, 0.6) is 5.75 Å². The van der Waals surface area contributed by atoms with Crippen molar-refractivity contribution >= 4 is 0 Å². The molecule has 2 heterocycles. The van der Waals surface area contributed by atoms with E-state index in [-0.39, 0.29) is 6.04 Å². The van der Waals surface area contributed by atoms with Crippen LogP contribution in [0.25, 0.3) is 0 Å². The van der Waals surface area contributed by atoms with Gasteiger partial charge in [0.2, 0.25) is 0 Å². The monoisotopic (exact) mass is 261 g/mol. The number of aryl methyl sites for hydroxylation is 1. The molecule has 0 amide bonds. The largest absolute Gasteiger partial charge is 0.493 e. The van der Waals surface area contributed by atoms with Crippen molar-refractivity contribution in [1.82, 2.24) is 25.1 Å². The van der Waals surface area contributed by atoms with E-state index in [2.05, 4.69) is 27.3 Å². The van der Waals surface area contributed by atoms with Crippen molar-refractivity contribution in [1.29, 1.82) is 0 Å². The van der Waals surface area contributed by atoms with E-state index in [0.29, 0.717) is 0 Å². The first-order valence-electron chi connectivity index (χ1n) is 6.34. The first-order valence-corrected chi connectivity index (χ1v) is 6.34. The lowest BCUT2D eigenvalue weighted by atomic mass is 10.1. The highest BCUT2D eigenvalue weighted by Gasteiger charge is 2.23. The number of nitrogens with zero attached hydrogens (tertiary/aromatic N) is 4. The van der Waals surface area contributed by atoms with E-state index >= 15 is 0 Å². The van der Waals surface area contributed by atoms with Gasteiger partial charge in [-0.15, -0.1) is 0 Å². The predicted molar refractivity (Wildman–Crippen MR) is 71.9 cm³/mol. The lowest BCUT2D eigenvalue weighted by Gasteiger charge is -2.18. The van der Waals surface area contributed by atoms with Crippen molar-refractivity contribution in [2.24, 2.45) is 7.05 Å². The van der Waals surface area contributed by atoms with Crippen LogP contribution >= 0.6 is 0 Å². The van der Waals surface area contributed by atoms with Gasteiger partial charge in [-0.05, 0) is 19.0 Å². The predicted octanol–water partition coefficient (Wildman–Crippen LogP) is 1.31. The van der Waals surface area contributed by atoms with Gasteiger partial charge in [-0.25, -0.2) is 9.97 Å². The molecular formula is C13H19N5O. The lowest BCUT2D eigenvalue weighted by Crippen LogP contribution is -2.27. The zero-order valence-corrected chi connectivity index (χ0v) is 11.5. The van der Waals surface area contributed by atoms with Crippen LogP contribution in [-0.2, 0) is 7.05 Å². The average Bonchev–Trinajstić information content (AvgIpc) is 2.82. The molecule has 0 saturated carbocycles. The number of hydrogen-bond acceptors (Lipinski definition) is 5. The number of nitrogens with one attached hydrogen (secondary N) is 1. The van der Waals surface area contributed by atoms with E-state index in [1.54, 1.807) is 36.4 Å². The van der Waals surface area contributed by atoms with E-state index in [9.17, 15) is 0 Å². The molecule has 0 bridgehead atoms. The van der Waals surface area contributed by atoms with Crippen LogP contribution in [0.3, 0.4) is 0 Å². The van der Waals surface area contributed by atoms with Gasteiger partial charge in [0.1, 0.15) is 11.7 Å². The second-order valence-corrected chi connectivity index (χ2v) is 4.22. The molecule has 1 unspecified atom stereocenters. The summed E-state index contributed by atoms with van der Waals surface area (Å²) in [4.78, 5) is 8.67. The smallest absolute Gasteiger partial charge is 0.162 e. The van der Waals surface area contributed by atoms with Gasteiger partial charge in [0.05, 0.1) is 13.3 Å². The zero-order chi connectivity index (χ0) is 13.7. The zero-order valence-electron chi connectivity index (χ0n) is 11.5. The number of ether oxygens (including phenoxy) is 1. The summed E-state index contributed by atoms with van der Waals surface area (Å²) in [6.07, 6.45) is 6.22. The third kappa shape index (κ3) is 2.90. The van der Waals surface area contributed by atoms with Crippen molar-refractivity contribution in [2.45, 2.75) is 19.4 Å². The molecule has 2 aromatic heterocycles. The fourth-order valence-electron chi connectivity index (χ4n) is 1.97. The van der Waals surface area contributed by atoms with Gasteiger partial charge in [-0.3, -0.25) is 4.68 Å². The molecule has 102 valence electrons. The van der Waals surface area contributed by atoms with Crippen LogP contribution in [-0.4, -0.2) is 33.4 Å². The van der Waals surface area contributed by atoms with E-state index in [1.807, 2.05) is 7.05 Å². The van der Waals surface area contributed by atoms with E-state index in [4.69, 9.17) is 4.74 Å². The second-order valence-electron chi connectivity index (χ2n) is 4.22. The maximum Gasteiger partial charge on any atom is 0.162 e. The van der Waals surface area contributed by atoms with Gasteiger partial charge in [-0.2, -0.15) is 5.10 Å². The molecule has 0 radical (unpaired) electrons. The van der Waals surface area contributed by atoms with Crippen LogP contribution < -0.4 is 10.1 Å². The maximum atomic E-state index is 5.37. The fraction of sp³-hybridized carbons (Fsp3) is 0.462. The van der Waals surface area contributed by atoms with Crippen LogP contribution in [0.2, 0.25) is 0 Å². The van der Waals surface area contributed by atoms with Gasteiger partial charge in [0.15, 0.2) is 11.6 Å². The highest BCUT2D eigenvalue weighted by Crippen LogP contribution is 2.27. The molecule has 0 aromatic carbocycles. The summed E-state index contributed by atoms with van der Waals surface area (Å²) in [6, 6.07) is 1.68. The normalized spacial score (nSPS) is 12.4. The van der Waals surface area contributed by atoms with Gasteiger partial charge >= 0.3 is 0 Å². The summed E-state index contributed by atoms with van der Waals surface area (Å²) >= 11 is 0. The second kappa shape index (κ2) is 6.29. The van der Waals surface area contributed by atoms with Gasteiger partial charge < -0.3 is 10.1 Å². The topological polar surface area (TPSA) is 64.9 Å². The first-order chi connectivity index (χ1) is 9.27. The molecule has 0 saturated heterocycles. The minimum atomic E-state index is -0.122. The molecule has 0 fully saturated rings. The summed E-state index contributed by atoms with van der Waals surface area (Å²) in [7, 11) is 3.53. The third-order valence-corrected chi connectivity index (χ3v) is 2.89. The fourth-order valence-corrected chi connectivity index (χ4v) is 1.97. The number of aromatic nitrogens is 4. The molecule has 0 spiro atoms. The third-order valence-electron chi connectivity index (χ3n) is 2.89. The maximum absolute atomic E-state index is 5.37. The van der Waals surface area contributed by atoms with Gasteiger partial charge in [0.25, 0.3) is 0 Å². The molecule has 1 atom stereocenters. The molecule has 19 heavy (non-hydrogen) atoms. The molecule has 6 heteroatoms. The van der Waals surface area contributed by atoms with E-state index in [1.165, 1.54) is 0 Å². The minimum absolute atomic E-state index is 0.122. The number of methoxy groups -OCH3 is 1. The van der Waals surface area contributed by atoms with Gasteiger partial charge in [0, 0.05) is 19.4 Å². The molecule has 2 aromatic rings. The number of hydrogen-bond donors (Lipinski definition) is 1. The first kappa shape index (κ1) is 13.5. The van der Waals surface area contributed by atoms with Crippen LogP contribution in [0.15, 0.2) is 24.7 Å².